The summed E-state index contributed by atoms with van der Waals surface area (Å²) < 4.78 is 10.5. The van der Waals surface area contributed by atoms with E-state index >= 15 is 0 Å². The van der Waals surface area contributed by atoms with Crippen LogP contribution in [0.25, 0.3) is 0 Å². The molecule has 1 N–H and O–H groups in total. The van der Waals surface area contributed by atoms with Gasteiger partial charge in [-0.15, -0.1) is 0 Å². The molecule has 1 unspecified atom stereocenters. The summed E-state index contributed by atoms with van der Waals surface area (Å²) in [6, 6.07) is 7.47. The normalized spacial score (nSPS) is 12.9. The van der Waals surface area contributed by atoms with Crippen LogP contribution in [-0.4, -0.2) is 24.9 Å². The van der Waals surface area contributed by atoms with Crippen molar-refractivity contribution in [2.45, 2.75) is 26.1 Å². The van der Waals surface area contributed by atoms with Crippen LogP contribution in [0.5, 0.6) is 5.75 Å². The Morgan fingerprint density at radius 2 is 1.93 bits per heavy atom. The summed E-state index contributed by atoms with van der Waals surface area (Å²) in [5.74, 6) is 0.719. The Hall–Kier alpha value is -1.06. The number of hydrogen-bond acceptors (Lipinski definition) is 3. The van der Waals surface area contributed by atoms with Crippen molar-refractivity contribution >= 4 is 0 Å². The Labute approximate surface area is 90.6 Å². The van der Waals surface area contributed by atoms with E-state index in [1.807, 2.05) is 38.1 Å². The second-order valence-electron chi connectivity index (χ2n) is 3.68. The van der Waals surface area contributed by atoms with E-state index in [1.54, 1.807) is 7.11 Å². The van der Waals surface area contributed by atoms with Crippen molar-refractivity contribution in [3.63, 3.8) is 0 Å². The van der Waals surface area contributed by atoms with E-state index in [0.29, 0.717) is 0 Å². The van der Waals surface area contributed by atoms with Crippen LogP contribution >= 0.6 is 0 Å². The number of hydrogen-bond donors (Lipinski definition) is 1. The number of benzene rings is 1. The molecule has 1 atom stereocenters. The number of aliphatic hydroxyl groups is 1. The van der Waals surface area contributed by atoms with Gasteiger partial charge in [-0.1, -0.05) is 18.2 Å². The minimum absolute atomic E-state index is 0.0981. The molecule has 0 bridgehead atoms. The van der Waals surface area contributed by atoms with Gasteiger partial charge in [-0.05, 0) is 19.9 Å². The summed E-state index contributed by atoms with van der Waals surface area (Å²) in [6.07, 6.45) is -0.536. The van der Waals surface area contributed by atoms with Crippen LogP contribution in [0.4, 0.5) is 0 Å². The van der Waals surface area contributed by atoms with Crippen molar-refractivity contribution in [2.75, 3.05) is 13.7 Å². The quantitative estimate of drug-likeness (QED) is 0.809. The molecule has 15 heavy (non-hydrogen) atoms. The molecule has 0 heterocycles. The molecule has 0 fully saturated rings. The first-order chi connectivity index (χ1) is 7.15. The predicted octanol–water partition coefficient (Wildman–Crippen LogP) is 2.15. The Bertz CT molecular complexity index is 297. The van der Waals surface area contributed by atoms with Gasteiger partial charge in [0.15, 0.2) is 0 Å². The fraction of sp³-hybridized carbons (Fsp3) is 0.500. The first-order valence-corrected chi connectivity index (χ1v) is 5.07. The van der Waals surface area contributed by atoms with E-state index < -0.39 is 6.10 Å². The van der Waals surface area contributed by atoms with Crippen molar-refractivity contribution in [3.05, 3.63) is 29.8 Å². The standard InChI is InChI=1S/C12H18O3/c1-9(2)15-12-7-5-4-6-10(12)11(13)8-14-3/h4-7,9,11,13H,8H2,1-3H3. The van der Waals surface area contributed by atoms with Gasteiger partial charge in [0.05, 0.1) is 12.7 Å². The zero-order valence-corrected chi connectivity index (χ0v) is 9.43. The summed E-state index contributed by atoms with van der Waals surface area (Å²) in [7, 11) is 1.56. The van der Waals surface area contributed by atoms with E-state index in [-0.39, 0.29) is 12.7 Å². The van der Waals surface area contributed by atoms with Crippen LogP contribution in [0.2, 0.25) is 0 Å². The van der Waals surface area contributed by atoms with Gasteiger partial charge in [0.1, 0.15) is 11.9 Å². The van der Waals surface area contributed by atoms with Crippen LogP contribution in [0.15, 0.2) is 24.3 Å². The van der Waals surface area contributed by atoms with Crippen molar-refractivity contribution < 1.29 is 14.6 Å². The highest BCUT2D eigenvalue weighted by atomic mass is 16.5. The molecular weight excluding hydrogens is 192 g/mol. The van der Waals surface area contributed by atoms with E-state index in [9.17, 15) is 5.11 Å². The molecular formula is C12H18O3. The van der Waals surface area contributed by atoms with Crippen LogP contribution < -0.4 is 4.74 Å². The minimum Gasteiger partial charge on any atom is -0.491 e. The molecule has 84 valence electrons. The van der Waals surface area contributed by atoms with Gasteiger partial charge in [0.2, 0.25) is 0 Å². The molecule has 0 saturated heterocycles. The zero-order valence-electron chi connectivity index (χ0n) is 9.43. The summed E-state index contributed by atoms with van der Waals surface area (Å²) in [4.78, 5) is 0. The van der Waals surface area contributed by atoms with Crippen molar-refractivity contribution in [1.82, 2.24) is 0 Å². The maximum absolute atomic E-state index is 9.81. The fourth-order valence-electron chi connectivity index (χ4n) is 1.36. The molecule has 0 spiro atoms. The SMILES string of the molecule is COCC(O)c1ccccc1OC(C)C. The third-order valence-electron chi connectivity index (χ3n) is 1.97. The molecule has 1 aromatic carbocycles. The highest BCUT2D eigenvalue weighted by molar-refractivity contribution is 5.35. The topological polar surface area (TPSA) is 38.7 Å². The summed E-state index contributed by atoms with van der Waals surface area (Å²) in [5.41, 5.74) is 0.771. The molecule has 3 heteroatoms. The van der Waals surface area contributed by atoms with Crippen LogP contribution in [-0.2, 0) is 4.74 Å². The van der Waals surface area contributed by atoms with Crippen LogP contribution in [0.3, 0.4) is 0 Å². The van der Waals surface area contributed by atoms with Crippen molar-refractivity contribution in [1.29, 1.82) is 0 Å². The highest BCUT2D eigenvalue weighted by Crippen LogP contribution is 2.25. The summed E-state index contributed by atoms with van der Waals surface area (Å²) >= 11 is 0. The Morgan fingerprint density at radius 3 is 2.53 bits per heavy atom. The Kier molecular flexibility index (Phi) is 4.59. The second kappa shape index (κ2) is 5.73. The summed E-state index contributed by atoms with van der Waals surface area (Å²) in [5, 5.41) is 9.81. The lowest BCUT2D eigenvalue weighted by molar-refractivity contribution is 0.0615. The third kappa shape index (κ3) is 3.53. The molecule has 0 aliphatic carbocycles. The lowest BCUT2D eigenvalue weighted by Gasteiger charge is -2.17. The monoisotopic (exact) mass is 210 g/mol. The average Bonchev–Trinajstić information content (AvgIpc) is 2.18. The Balaban J connectivity index is 2.85. The third-order valence-corrected chi connectivity index (χ3v) is 1.97. The van der Waals surface area contributed by atoms with E-state index in [1.165, 1.54) is 0 Å². The van der Waals surface area contributed by atoms with Crippen LogP contribution in [0, 0.1) is 0 Å². The van der Waals surface area contributed by atoms with Gasteiger partial charge < -0.3 is 14.6 Å². The average molecular weight is 210 g/mol. The van der Waals surface area contributed by atoms with E-state index in [2.05, 4.69) is 0 Å². The van der Waals surface area contributed by atoms with Gasteiger partial charge in [0, 0.05) is 12.7 Å². The van der Waals surface area contributed by atoms with Crippen molar-refractivity contribution in [2.24, 2.45) is 0 Å². The molecule has 0 aliphatic heterocycles. The molecule has 0 radical (unpaired) electrons. The molecule has 0 saturated carbocycles. The smallest absolute Gasteiger partial charge is 0.125 e. The lowest BCUT2D eigenvalue weighted by Crippen LogP contribution is -2.11. The molecule has 0 aliphatic rings. The molecule has 1 aromatic rings. The highest BCUT2D eigenvalue weighted by Gasteiger charge is 2.13. The number of methoxy groups -OCH3 is 1. The zero-order chi connectivity index (χ0) is 11.3. The van der Waals surface area contributed by atoms with Gasteiger partial charge in [-0.3, -0.25) is 0 Å². The second-order valence-corrected chi connectivity index (χ2v) is 3.68. The predicted molar refractivity (Wildman–Crippen MR) is 59.0 cm³/mol. The van der Waals surface area contributed by atoms with E-state index in [0.717, 1.165) is 11.3 Å². The van der Waals surface area contributed by atoms with Gasteiger partial charge >= 0.3 is 0 Å². The van der Waals surface area contributed by atoms with Crippen molar-refractivity contribution in [3.8, 4) is 5.75 Å². The van der Waals surface area contributed by atoms with Gasteiger partial charge in [-0.2, -0.15) is 0 Å². The molecule has 0 amide bonds. The Morgan fingerprint density at radius 1 is 1.27 bits per heavy atom. The minimum atomic E-state index is -0.634. The fourth-order valence-corrected chi connectivity index (χ4v) is 1.36. The lowest BCUT2D eigenvalue weighted by atomic mass is 10.1. The molecule has 3 nitrogen and oxygen atoms in total. The number of rotatable bonds is 5. The first kappa shape index (κ1) is 12.0. The van der Waals surface area contributed by atoms with E-state index in [4.69, 9.17) is 9.47 Å². The largest absolute Gasteiger partial charge is 0.491 e. The summed E-state index contributed by atoms with van der Waals surface area (Å²) in [6.45, 7) is 4.19. The van der Waals surface area contributed by atoms with Gasteiger partial charge in [0.25, 0.3) is 0 Å². The first-order valence-electron chi connectivity index (χ1n) is 5.07. The maximum atomic E-state index is 9.81. The maximum Gasteiger partial charge on any atom is 0.125 e. The molecule has 0 aromatic heterocycles. The van der Waals surface area contributed by atoms with Crippen LogP contribution in [0.1, 0.15) is 25.5 Å². The molecule has 1 rings (SSSR count). The number of ether oxygens (including phenoxy) is 2. The number of para-hydroxylation sites is 1. The van der Waals surface area contributed by atoms with Gasteiger partial charge in [-0.25, -0.2) is 0 Å². The number of aliphatic hydroxyl groups excluding tert-OH is 1.